The normalized spacial score (nSPS) is 16.5. The maximum atomic E-state index is 12.9. The minimum Gasteiger partial charge on any atom is -0.491 e. The van der Waals surface area contributed by atoms with Crippen LogP contribution in [0, 0.1) is 0 Å². The first-order valence-electron chi connectivity index (χ1n) is 10.3. The van der Waals surface area contributed by atoms with Gasteiger partial charge in [-0.3, -0.25) is 4.90 Å². The van der Waals surface area contributed by atoms with E-state index in [0.717, 1.165) is 16.8 Å². The number of fused-ring (bicyclic) bond motifs is 1. The summed E-state index contributed by atoms with van der Waals surface area (Å²) < 4.78 is 44.6. The Labute approximate surface area is 179 Å². The molecule has 0 amide bonds. The number of aliphatic hydroxyl groups is 1. The van der Waals surface area contributed by atoms with E-state index in [4.69, 9.17) is 4.74 Å². The van der Waals surface area contributed by atoms with Gasteiger partial charge in [0.25, 0.3) is 0 Å². The molecule has 1 N–H and O–H groups in total. The number of nitrogens with zero attached hydrogens (tertiary/aromatic N) is 2. The highest BCUT2D eigenvalue weighted by Crippen LogP contribution is 2.32. The van der Waals surface area contributed by atoms with Crippen molar-refractivity contribution in [2.24, 2.45) is 0 Å². The number of hydrogen-bond acceptors (Lipinski definition) is 4. The van der Waals surface area contributed by atoms with Crippen LogP contribution in [0.5, 0.6) is 5.75 Å². The summed E-state index contributed by atoms with van der Waals surface area (Å²) in [4.78, 5) is 4.06. The summed E-state index contributed by atoms with van der Waals surface area (Å²) in [6, 6.07) is 19.3. The van der Waals surface area contributed by atoms with E-state index in [2.05, 4.69) is 4.90 Å². The van der Waals surface area contributed by atoms with Gasteiger partial charge in [0.15, 0.2) is 0 Å². The molecule has 3 aromatic rings. The molecule has 0 aliphatic carbocycles. The quantitative estimate of drug-likeness (QED) is 0.628. The van der Waals surface area contributed by atoms with Crippen molar-refractivity contribution in [1.29, 1.82) is 0 Å². The number of rotatable bonds is 6. The third-order valence-corrected chi connectivity index (χ3v) is 5.54. The van der Waals surface area contributed by atoms with Crippen LogP contribution in [-0.4, -0.2) is 55.4 Å². The molecule has 164 valence electrons. The van der Waals surface area contributed by atoms with Crippen molar-refractivity contribution in [2.45, 2.75) is 12.3 Å². The smallest absolute Gasteiger partial charge is 0.416 e. The zero-order valence-electron chi connectivity index (χ0n) is 17.1. The Morgan fingerprint density at radius 1 is 0.871 bits per heavy atom. The van der Waals surface area contributed by atoms with Gasteiger partial charge in [-0.05, 0) is 41.1 Å². The maximum absolute atomic E-state index is 12.9. The number of hydrogen-bond donors (Lipinski definition) is 1. The van der Waals surface area contributed by atoms with E-state index in [1.807, 2.05) is 47.4 Å². The number of β-amino-alcohol motifs (C(OH)–C–C–N with tert-alkyl or cyclic N) is 1. The fraction of sp³-hybridized carbons (Fsp3) is 0.333. The fourth-order valence-electron chi connectivity index (χ4n) is 3.87. The first-order chi connectivity index (χ1) is 14.9. The van der Waals surface area contributed by atoms with Crippen molar-refractivity contribution in [1.82, 2.24) is 4.90 Å². The third kappa shape index (κ3) is 5.48. The molecule has 4 rings (SSSR count). The molecule has 31 heavy (non-hydrogen) atoms. The van der Waals surface area contributed by atoms with Crippen molar-refractivity contribution in [3.8, 4) is 5.75 Å². The van der Waals surface area contributed by atoms with Crippen LogP contribution >= 0.6 is 0 Å². The molecule has 0 aromatic heterocycles. The van der Waals surface area contributed by atoms with E-state index < -0.39 is 17.8 Å². The molecule has 1 fully saturated rings. The van der Waals surface area contributed by atoms with Crippen LogP contribution in [0.1, 0.15) is 5.56 Å². The highest BCUT2D eigenvalue weighted by Gasteiger charge is 2.31. The average Bonchev–Trinajstić information content (AvgIpc) is 2.77. The number of piperazine rings is 1. The fourth-order valence-corrected chi connectivity index (χ4v) is 3.87. The second kappa shape index (κ2) is 9.16. The SMILES string of the molecule is OC(COc1ccc2ccccc2c1)CN1CCN(c2cccc(C(F)(F)F)c2)CC1. The molecule has 0 saturated carbocycles. The lowest BCUT2D eigenvalue weighted by molar-refractivity contribution is -0.137. The Kier molecular flexibility index (Phi) is 6.34. The lowest BCUT2D eigenvalue weighted by atomic mass is 10.1. The minimum absolute atomic E-state index is 0.187. The van der Waals surface area contributed by atoms with E-state index in [1.165, 1.54) is 12.1 Å². The lowest BCUT2D eigenvalue weighted by Gasteiger charge is -2.37. The summed E-state index contributed by atoms with van der Waals surface area (Å²) >= 11 is 0. The number of anilines is 1. The maximum Gasteiger partial charge on any atom is 0.416 e. The average molecular weight is 430 g/mol. The number of benzene rings is 3. The number of alkyl halides is 3. The van der Waals surface area contributed by atoms with Crippen LogP contribution in [0.3, 0.4) is 0 Å². The zero-order valence-corrected chi connectivity index (χ0v) is 17.1. The van der Waals surface area contributed by atoms with Gasteiger partial charge < -0.3 is 14.7 Å². The van der Waals surface area contributed by atoms with Crippen molar-refractivity contribution in [3.63, 3.8) is 0 Å². The molecule has 1 saturated heterocycles. The van der Waals surface area contributed by atoms with E-state index in [-0.39, 0.29) is 6.61 Å². The summed E-state index contributed by atoms with van der Waals surface area (Å²) in [5, 5.41) is 12.6. The molecule has 7 heteroatoms. The van der Waals surface area contributed by atoms with Gasteiger partial charge in [0.2, 0.25) is 0 Å². The van der Waals surface area contributed by atoms with E-state index in [1.54, 1.807) is 6.07 Å². The summed E-state index contributed by atoms with van der Waals surface area (Å²) in [7, 11) is 0. The number of aliphatic hydroxyl groups excluding tert-OH is 1. The van der Waals surface area contributed by atoms with Crippen LogP contribution in [0.15, 0.2) is 66.7 Å². The molecule has 1 atom stereocenters. The van der Waals surface area contributed by atoms with Crippen molar-refractivity contribution in [3.05, 3.63) is 72.3 Å². The van der Waals surface area contributed by atoms with E-state index in [9.17, 15) is 18.3 Å². The van der Waals surface area contributed by atoms with Crippen LogP contribution < -0.4 is 9.64 Å². The van der Waals surface area contributed by atoms with Gasteiger partial charge in [-0.2, -0.15) is 13.2 Å². The van der Waals surface area contributed by atoms with Crippen LogP contribution in [-0.2, 0) is 6.18 Å². The lowest BCUT2D eigenvalue weighted by Crippen LogP contribution is -2.49. The van der Waals surface area contributed by atoms with E-state index >= 15 is 0 Å². The van der Waals surface area contributed by atoms with Gasteiger partial charge in [0.1, 0.15) is 18.5 Å². The Morgan fingerprint density at radius 2 is 1.61 bits per heavy atom. The first kappa shape index (κ1) is 21.5. The Morgan fingerprint density at radius 3 is 2.35 bits per heavy atom. The molecule has 0 radical (unpaired) electrons. The second-order valence-electron chi connectivity index (χ2n) is 7.81. The first-order valence-corrected chi connectivity index (χ1v) is 10.3. The molecule has 0 spiro atoms. The van der Waals surface area contributed by atoms with Gasteiger partial charge >= 0.3 is 6.18 Å². The molecule has 4 nitrogen and oxygen atoms in total. The van der Waals surface area contributed by atoms with Gasteiger partial charge in [-0.1, -0.05) is 36.4 Å². The highest BCUT2D eigenvalue weighted by atomic mass is 19.4. The monoisotopic (exact) mass is 430 g/mol. The molecule has 1 aliphatic rings. The molecule has 1 heterocycles. The van der Waals surface area contributed by atoms with Crippen LogP contribution in [0.4, 0.5) is 18.9 Å². The Hall–Kier alpha value is -2.77. The summed E-state index contributed by atoms with van der Waals surface area (Å²) in [5.74, 6) is 0.715. The molecule has 0 bridgehead atoms. The highest BCUT2D eigenvalue weighted by molar-refractivity contribution is 5.83. The van der Waals surface area contributed by atoms with Gasteiger partial charge in [0, 0.05) is 38.4 Å². The standard InChI is InChI=1S/C24H25F3N2O2/c25-24(26,27)20-6-3-7-21(15-20)29-12-10-28(11-13-29)16-22(30)17-31-23-9-8-18-4-1-2-5-19(18)14-23/h1-9,14-15,22,30H,10-13,16-17H2. The predicted molar refractivity (Wildman–Crippen MR) is 116 cm³/mol. The van der Waals surface area contributed by atoms with Gasteiger partial charge in [-0.15, -0.1) is 0 Å². The van der Waals surface area contributed by atoms with Crippen molar-refractivity contribution in [2.75, 3.05) is 44.2 Å². The number of halogens is 3. The van der Waals surface area contributed by atoms with Crippen molar-refractivity contribution < 1.29 is 23.0 Å². The predicted octanol–water partition coefficient (Wildman–Crippen LogP) is 4.42. The molecule has 1 unspecified atom stereocenters. The Bertz CT molecular complexity index is 1020. The van der Waals surface area contributed by atoms with Crippen LogP contribution in [0.2, 0.25) is 0 Å². The molecular formula is C24H25F3N2O2. The minimum atomic E-state index is -4.34. The van der Waals surface area contributed by atoms with Crippen molar-refractivity contribution >= 4 is 16.5 Å². The summed E-state index contributed by atoms with van der Waals surface area (Å²) in [5.41, 5.74) is -0.0525. The largest absolute Gasteiger partial charge is 0.491 e. The van der Waals surface area contributed by atoms with Gasteiger partial charge in [-0.25, -0.2) is 0 Å². The summed E-state index contributed by atoms with van der Waals surface area (Å²) in [6.45, 7) is 3.21. The second-order valence-corrected chi connectivity index (χ2v) is 7.81. The third-order valence-electron chi connectivity index (χ3n) is 5.54. The molecule has 3 aromatic carbocycles. The van der Waals surface area contributed by atoms with Crippen LogP contribution in [0.25, 0.3) is 10.8 Å². The summed E-state index contributed by atoms with van der Waals surface area (Å²) in [6.07, 6.45) is -4.99. The zero-order chi connectivity index (χ0) is 21.8. The van der Waals surface area contributed by atoms with Gasteiger partial charge in [0.05, 0.1) is 5.56 Å². The molecular weight excluding hydrogens is 405 g/mol. The topological polar surface area (TPSA) is 35.9 Å². The number of ether oxygens (including phenoxy) is 1. The van der Waals surface area contributed by atoms with E-state index in [0.29, 0.717) is 44.2 Å². The Balaban J connectivity index is 1.25. The molecule has 1 aliphatic heterocycles.